The minimum Gasteiger partial charge on any atom is -0.394 e. The van der Waals surface area contributed by atoms with Crippen molar-refractivity contribution in [2.45, 2.75) is 31.2 Å². The van der Waals surface area contributed by atoms with Crippen LogP contribution in [0.25, 0.3) is 0 Å². The summed E-state index contributed by atoms with van der Waals surface area (Å²) in [5.74, 6) is -0.967. The second-order valence-corrected chi connectivity index (χ2v) is 4.06. The number of nitrogens with zero attached hydrogens (tertiary/aromatic N) is 3. The Kier molecular flexibility index (Phi) is 3.75. The number of amides is 1. The van der Waals surface area contributed by atoms with Gasteiger partial charge in [0, 0.05) is 0 Å². The fourth-order valence-electron chi connectivity index (χ4n) is 1.92. The van der Waals surface area contributed by atoms with Crippen LogP contribution in [0.2, 0.25) is 0 Å². The molecule has 0 aromatic carbocycles. The van der Waals surface area contributed by atoms with Gasteiger partial charge in [-0.2, -0.15) is 0 Å². The van der Waals surface area contributed by atoms with Crippen LogP contribution in [0.1, 0.15) is 22.4 Å². The van der Waals surface area contributed by atoms with Crippen molar-refractivity contribution in [3.63, 3.8) is 0 Å². The van der Waals surface area contributed by atoms with E-state index in [0.29, 0.717) is 0 Å². The van der Waals surface area contributed by atoms with E-state index in [0.717, 1.165) is 4.68 Å². The number of alkyl halides is 1. The Balaban J connectivity index is 2.35. The SMILES string of the molecule is NC(=O)c1nnn([C@@H]2O[C@H](CO)[C@@H](O)[C@H]2O)c1CF. The number of carbonyl (C=O) groups excluding carboxylic acids is 1. The van der Waals surface area contributed by atoms with Crippen LogP contribution in [0.4, 0.5) is 4.39 Å². The summed E-state index contributed by atoms with van der Waals surface area (Å²) in [7, 11) is 0. The van der Waals surface area contributed by atoms with Gasteiger partial charge < -0.3 is 25.8 Å². The molecule has 2 heterocycles. The monoisotopic (exact) mass is 276 g/mol. The number of primary amides is 1. The summed E-state index contributed by atoms with van der Waals surface area (Å²) < 4.78 is 18.9. The van der Waals surface area contributed by atoms with Crippen LogP contribution in [0.3, 0.4) is 0 Å². The number of hydrogen-bond donors (Lipinski definition) is 4. The Labute approximate surface area is 106 Å². The first-order chi connectivity index (χ1) is 9.01. The van der Waals surface area contributed by atoms with Gasteiger partial charge in [0.15, 0.2) is 11.9 Å². The molecular formula is C9H13FN4O5. The number of rotatable bonds is 4. The lowest BCUT2D eigenvalue weighted by atomic mass is 10.1. The number of ether oxygens (including phenoxy) is 1. The van der Waals surface area contributed by atoms with Crippen molar-refractivity contribution in [1.82, 2.24) is 15.0 Å². The number of hydrogen-bond acceptors (Lipinski definition) is 7. The molecule has 9 nitrogen and oxygen atoms in total. The molecule has 1 aliphatic heterocycles. The highest BCUT2D eigenvalue weighted by Crippen LogP contribution is 2.30. The minimum absolute atomic E-state index is 0.262. The van der Waals surface area contributed by atoms with E-state index in [9.17, 15) is 19.4 Å². The third-order valence-electron chi connectivity index (χ3n) is 2.91. The Morgan fingerprint density at radius 2 is 2.16 bits per heavy atom. The van der Waals surface area contributed by atoms with Crippen molar-refractivity contribution in [2.24, 2.45) is 5.73 Å². The van der Waals surface area contributed by atoms with Gasteiger partial charge in [-0.15, -0.1) is 5.10 Å². The van der Waals surface area contributed by atoms with E-state index >= 15 is 0 Å². The van der Waals surface area contributed by atoms with E-state index in [1.54, 1.807) is 0 Å². The molecule has 0 aliphatic carbocycles. The number of carbonyl (C=O) groups is 1. The quantitative estimate of drug-likeness (QED) is 0.474. The summed E-state index contributed by atoms with van der Waals surface area (Å²) in [6.45, 7) is -1.63. The standard InChI is InChI=1S/C9H13FN4O5/c10-1-3-5(8(11)18)12-13-14(3)9-7(17)6(16)4(2-15)19-9/h4,6-7,9,15-17H,1-2H2,(H2,11,18)/t4-,6-,7-,9-/m1/s1. The topological polar surface area (TPSA) is 144 Å². The van der Waals surface area contributed by atoms with E-state index in [2.05, 4.69) is 10.3 Å². The highest BCUT2D eigenvalue weighted by atomic mass is 19.1. The number of aliphatic hydroxyl groups is 3. The lowest BCUT2D eigenvalue weighted by Crippen LogP contribution is -2.33. The van der Waals surface area contributed by atoms with Crippen LogP contribution in [-0.2, 0) is 11.4 Å². The molecule has 1 fully saturated rings. The van der Waals surface area contributed by atoms with E-state index in [-0.39, 0.29) is 11.4 Å². The summed E-state index contributed by atoms with van der Waals surface area (Å²) in [4.78, 5) is 11.0. The Morgan fingerprint density at radius 1 is 1.47 bits per heavy atom. The van der Waals surface area contributed by atoms with Gasteiger partial charge in [-0.1, -0.05) is 5.21 Å². The molecular weight excluding hydrogens is 263 g/mol. The second-order valence-electron chi connectivity index (χ2n) is 4.06. The highest BCUT2D eigenvalue weighted by molar-refractivity contribution is 5.91. The summed E-state index contributed by atoms with van der Waals surface area (Å²) in [5.41, 5.74) is 4.37. The van der Waals surface area contributed by atoms with Gasteiger partial charge in [0.25, 0.3) is 5.91 Å². The average Bonchev–Trinajstić information content (AvgIpc) is 2.92. The van der Waals surface area contributed by atoms with Gasteiger partial charge in [0.2, 0.25) is 0 Å². The molecule has 1 amide bonds. The summed E-state index contributed by atoms with van der Waals surface area (Å²) in [5, 5.41) is 35.2. The van der Waals surface area contributed by atoms with Gasteiger partial charge in [-0.05, 0) is 0 Å². The molecule has 19 heavy (non-hydrogen) atoms. The zero-order chi connectivity index (χ0) is 14.2. The number of halogens is 1. The van der Waals surface area contributed by atoms with Gasteiger partial charge in [-0.25, -0.2) is 9.07 Å². The molecule has 5 N–H and O–H groups in total. The van der Waals surface area contributed by atoms with Crippen LogP contribution in [-0.4, -0.2) is 61.1 Å². The van der Waals surface area contributed by atoms with Crippen molar-refractivity contribution in [2.75, 3.05) is 6.61 Å². The smallest absolute Gasteiger partial charge is 0.271 e. The van der Waals surface area contributed by atoms with Crippen molar-refractivity contribution >= 4 is 5.91 Å². The molecule has 1 aromatic heterocycles. The molecule has 0 bridgehead atoms. The first kappa shape index (κ1) is 13.8. The van der Waals surface area contributed by atoms with Crippen LogP contribution in [0.15, 0.2) is 0 Å². The van der Waals surface area contributed by atoms with Crippen molar-refractivity contribution in [1.29, 1.82) is 0 Å². The average molecular weight is 276 g/mol. The van der Waals surface area contributed by atoms with Crippen molar-refractivity contribution in [3.05, 3.63) is 11.4 Å². The zero-order valence-corrected chi connectivity index (χ0v) is 9.68. The molecule has 106 valence electrons. The maximum Gasteiger partial charge on any atom is 0.271 e. The molecule has 10 heteroatoms. The van der Waals surface area contributed by atoms with Gasteiger partial charge in [0.1, 0.15) is 30.7 Å². The van der Waals surface area contributed by atoms with Crippen LogP contribution in [0.5, 0.6) is 0 Å². The van der Waals surface area contributed by atoms with Gasteiger partial charge in [-0.3, -0.25) is 4.79 Å². The largest absolute Gasteiger partial charge is 0.394 e. The summed E-state index contributed by atoms with van der Waals surface area (Å²) in [6.07, 6.45) is -5.08. The molecule has 0 unspecified atom stereocenters. The fraction of sp³-hybridized carbons (Fsp3) is 0.667. The molecule has 0 saturated carbocycles. The first-order valence-electron chi connectivity index (χ1n) is 5.43. The highest BCUT2D eigenvalue weighted by Gasteiger charge is 2.45. The second kappa shape index (κ2) is 5.17. The molecule has 0 spiro atoms. The predicted molar refractivity (Wildman–Crippen MR) is 56.4 cm³/mol. The molecule has 4 atom stereocenters. The van der Waals surface area contributed by atoms with E-state index in [1.807, 2.05) is 0 Å². The van der Waals surface area contributed by atoms with Crippen molar-refractivity contribution < 1.29 is 29.2 Å². The molecule has 2 rings (SSSR count). The Morgan fingerprint density at radius 3 is 2.63 bits per heavy atom. The number of aliphatic hydroxyl groups excluding tert-OH is 3. The fourth-order valence-corrected chi connectivity index (χ4v) is 1.92. The summed E-state index contributed by atoms with van der Waals surface area (Å²) >= 11 is 0. The lowest BCUT2D eigenvalue weighted by Gasteiger charge is -2.16. The van der Waals surface area contributed by atoms with Crippen LogP contribution >= 0.6 is 0 Å². The van der Waals surface area contributed by atoms with Crippen LogP contribution in [0, 0.1) is 0 Å². The third kappa shape index (κ3) is 2.18. The maximum atomic E-state index is 12.9. The summed E-state index contributed by atoms with van der Waals surface area (Å²) in [6, 6.07) is 0. The number of nitrogens with two attached hydrogens (primary N) is 1. The predicted octanol–water partition coefficient (Wildman–Crippen LogP) is -2.54. The Hall–Kier alpha value is -1.62. The first-order valence-corrected chi connectivity index (χ1v) is 5.43. The van der Waals surface area contributed by atoms with Crippen LogP contribution < -0.4 is 5.73 Å². The van der Waals surface area contributed by atoms with Crippen molar-refractivity contribution in [3.8, 4) is 0 Å². The number of aromatic nitrogens is 3. The molecule has 1 aromatic rings. The van der Waals surface area contributed by atoms with Gasteiger partial charge >= 0.3 is 0 Å². The normalized spacial score (nSPS) is 30.7. The maximum absolute atomic E-state index is 12.9. The van der Waals surface area contributed by atoms with E-state index in [4.69, 9.17) is 15.6 Å². The molecule has 1 saturated heterocycles. The minimum atomic E-state index is -1.44. The third-order valence-corrected chi connectivity index (χ3v) is 2.91. The molecule has 0 radical (unpaired) electrons. The Bertz CT molecular complexity index is 481. The molecule has 1 aliphatic rings. The zero-order valence-electron chi connectivity index (χ0n) is 9.68. The van der Waals surface area contributed by atoms with E-state index in [1.165, 1.54) is 0 Å². The van der Waals surface area contributed by atoms with E-state index < -0.39 is 43.7 Å². The lowest BCUT2D eigenvalue weighted by molar-refractivity contribution is -0.0612. The van der Waals surface area contributed by atoms with Gasteiger partial charge in [0.05, 0.1) is 6.61 Å².